The van der Waals surface area contributed by atoms with Crippen molar-refractivity contribution in [2.24, 2.45) is 0 Å². The number of benzene rings is 11. The maximum atomic E-state index is 7.46. The lowest BCUT2D eigenvalue weighted by Gasteiger charge is -2.33. The summed E-state index contributed by atoms with van der Waals surface area (Å²) in [7, 11) is 0. The van der Waals surface area contributed by atoms with Crippen molar-refractivity contribution in [1.82, 2.24) is 0 Å². The molecule has 1 heterocycles. The molecule has 0 saturated heterocycles. The summed E-state index contributed by atoms with van der Waals surface area (Å²) in [5.41, 5.74) is 20.3. The van der Waals surface area contributed by atoms with Crippen molar-refractivity contribution >= 4 is 77.6 Å². The van der Waals surface area contributed by atoms with Crippen molar-refractivity contribution in [1.29, 1.82) is 0 Å². The summed E-state index contributed by atoms with van der Waals surface area (Å²) in [6.45, 7) is 13.7. The summed E-state index contributed by atoms with van der Waals surface area (Å²) < 4.78 is 7.46. The molecule has 74 heavy (non-hydrogen) atoms. The first-order chi connectivity index (χ1) is 36.0. The molecule has 0 N–H and O–H groups in total. The third-order valence-corrected chi connectivity index (χ3v) is 16.1. The third kappa shape index (κ3) is 6.39. The maximum Gasteiger partial charge on any atom is 0.145 e. The van der Waals surface area contributed by atoms with Gasteiger partial charge in [0.05, 0.1) is 16.5 Å². The highest BCUT2D eigenvalue weighted by molar-refractivity contribution is 6.26. The molecule has 2 aliphatic carbocycles. The predicted octanol–water partition coefficient (Wildman–Crippen LogP) is 19.8. The summed E-state index contributed by atoms with van der Waals surface area (Å²) in [6, 6.07) is 85.9. The smallest absolute Gasteiger partial charge is 0.145 e. The van der Waals surface area contributed by atoms with Crippen LogP contribution in [-0.2, 0) is 16.2 Å². The quantitative estimate of drug-likeness (QED) is 0.155. The molecule has 3 nitrogen and oxygen atoms in total. The molecule has 0 fully saturated rings. The Morgan fingerprint density at radius 2 is 0.824 bits per heavy atom. The topological polar surface area (TPSA) is 19.6 Å². The van der Waals surface area contributed by atoms with Gasteiger partial charge in [-0.15, -0.1) is 0 Å². The molecular weight excluding hydrogens is 897 g/mol. The minimum atomic E-state index is -0.718. The molecule has 1 aromatic heterocycles. The van der Waals surface area contributed by atoms with Gasteiger partial charge in [0.1, 0.15) is 11.2 Å². The van der Waals surface area contributed by atoms with Gasteiger partial charge in [-0.3, -0.25) is 0 Å². The number of hydrogen-bond acceptors (Lipinski definition) is 3. The first-order valence-electron chi connectivity index (χ1n) is 26.1. The van der Waals surface area contributed by atoms with Crippen LogP contribution in [0.25, 0.3) is 65.7 Å². The van der Waals surface area contributed by atoms with Crippen LogP contribution in [0, 0.1) is 0 Å². The van der Waals surface area contributed by atoms with E-state index in [4.69, 9.17) is 4.42 Å². The van der Waals surface area contributed by atoms with E-state index in [0.29, 0.717) is 0 Å². The van der Waals surface area contributed by atoms with Crippen molar-refractivity contribution in [2.75, 3.05) is 9.80 Å². The SMILES string of the molecule is CC(C)(C)c1ccc(N(c2ccccc2)c2ccc3c4c(c5ccccc5c3c2)-c2c(cc(N(c3ccccc3)c3ccc(C(C)(C)C)cc3)c3c2oc2ccccc23)C42c3ccccc3-c3ccccc32)cc1. The fourth-order valence-electron chi connectivity index (χ4n) is 12.7. The number of para-hydroxylation sites is 3. The van der Waals surface area contributed by atoms with E-state index in [1.54, 1.807) is 0 Å². The lowest BCUT2D eigenvalue weighted by atomic mass is 9.69. The molecular formula is C71H56N2O. The number of furan rings is 1. The van der Waals surface area contributed by atoms with Gasteiger partial charge in [0.15, 0.2) is 0 Å². The minimum Gasteiger partial charge on any atom is -0.455 e. The Labute approximate surface area is 433 Å². The normalized spacial score (nSPS) is 13.4. The van der Waals surface area contributed by atoms with Crippen LogP contribution in [-0.4, -0.2) is 0 Å². The van der Waals surface area contributed by atoms with Gasteiger partial charge < -0.3 is 14.2 Å². The molecule has 0 radical (unpaired) electrons. The van der Waals surface area contributed by atoms with Gasteiger partial charge in [-0.2, -0.15) is 0 Å². The molecule has 12 aromatic rings. The van der Waals surface area contributed by atoms with Gasteiger partial charge >= 0.3 is 0 Å². The Kier molecular flexibility index (Phi) is 9.63. The molecule has 0 bridgehead atoms. The van der Waals surface area contributed by atoms with Gasteiger partial charge in [0.2, 0.25) is 0 Å². The number of fused-ring (bicyclic) bond motifs is 19. The first kappa shape index (κ1) is 44.1. The van der Waals surface area contributed by atoms with Crippen LogP contribution in [0.5, 0.6) is 0 Å². The molecule has 0 aliphatic heterocycles. The monoisotopic (exact) mass is 952 g/mol. The summed E-state index contributed by atoms with van der Waals surface area (Å²) in [6.07, 6.45) is 0. The van der Waals surface area contributed by atoms with E-state index in [2.05, 4.69) is 282 Å². The van der Waals surface area contributed by atoms with E-state index >= 15 is 0 Å². The van der Waals surface area contributed by atoms with E-state index in [9.17, 15) is 0 Å². The van der Waals surface area contributed by atoms with Crippen LogP contribution in [0.2, 0.25) is 0 Å². The van der Waals surface area contributed by atoms with E-state index in [1.165, 1.54) is 71.6 Å². The number of hydrogen-bond donors (Lipinski definition) is 0. The Hall–Kier alpha value is -8.66. The summed E-state index contributed by atoms with van der Waals surface area (Å²) in [5.74, 6) is 0. The molecule has 14 rings (SSSR count). The van der Waals surface area contributed by atoms with Crippen LogP contribution in [0.3, 0.4) is 0 Å². The second-order valence-corrected chi connectivity index (χ2v) is 22.4. The van der Waals surface area contributed by atoms with E-state index in [0.717, 1.165) is 61.6 Å². The standard InChI is InChI=1S/C71H56N2O/c1-69(2,3)45-33-37-49(38-34-45)72(47-21-9-7-10-22-47)51-41-42-56-58(43-51)52-25-13-14-28-55(52)65-66-61(71(67(56)65)59-30-18-15-26-53(59)54-27-16-19-31-60(54)71)44-62(64-57-29-17-20-32-63(57)74-68(64)66)73(48-23-11-8-12-24-48)50-39-35-46(36-40-50)70(4,5)6/h7-44H,1-6H3. The van der Waals surface area contributed by atoms with Crippen LogP contribution in [0.4, 0.5) is 34.1 Å². The van der Waals surface area contributed by atoms with Gasteiger partial charge in [-0.25, -0.2) is 0 Å². The van der Waals surface area contributed by atoms with Crippen molar-refractivity contribution in [3.63, 3.8) is 0 Å². The summed E-state index contributed by atoms with van der Waals surface area (Å²) in [5, 5.41) is 7.04. The molecule has 1 spiro atoms. The number of nitrogens with zero attached hydrogens (tertiary/aromatic N) is 2. The van der Waals surface area contributed by atoms with Gasteiger partial charge in [0.25, 0.3) is 0 Å². The van der Waals surface area contributed by atoms with E-state index in [-0.39, 0.29) is 10.8 Å². The second-order valence-electron chi connectivity index (χ2n) is 22.4. The van der Waals surface area contributed by atoms with Gasteiger partial charge in [-0.1, -0.05) is 199 Å². The average Bonchev–Trinajstić information content (AvgIpc) is 4.11. The predicted molar refractivity (Wildman–Crippen MR) is 312 cm³/mol. The number of anilines is 6. The average molecular weight is 953 g/mol. The van der Waals surface area contributed by atoms with Crippen LogP contribution in [0.1, 0.15) is 74.9 Å². The van der Waals surface area contributed by atoms with Crippen LogP contribution in [0.15, 0.2) is 235 Å². The third-order valence-electron chi connectivity index (χ3n) is 16.1. The van der Waals surface area contributed by atoms with Crippen molar-refractivity contribution in [3.05, 3.63) is 264 Å². The summed E-state index contributed by atoms with van der Waals surface area (Å²) in [4.78, 5) is 4.88. The van der Waals surface area contributed by atoms with E-state index in [1.807, 2.05) is 0 Å². The second kappa shape index (κ2) is 16.2. The molecule has 0 saturated carbocycles. The first-order valence-corrected chi connectivity index (χ1v) is 26.1. The molecule has 0 amide bonds. The molecule has 3 heteroatoms. The molecule has 2 aliphatic rings. The maximum absolute atomic E-state index is 7.46. The van der Waals surface area contributed by atoms with Crippen molar-refractivity contribution in [2.45, 2.75) is 57.8 Å². The van der Waals surface area contributed by atoms with Crippen LogP contribution >= 0.6 is 0 Å². The van der Waals surface area contributed by atoms with Gasteiger partial charge in [-0.05, 0) is 155 Å². The Morgan fingerprint density at radius 3 is 1.42 bits per heavy atom. The highest BCUT2D eigenvalue weighted by Gasteiger charge is 2.54. The highest BCUT2D eigenvalue weighted by atomic mass is 16.3. The van der Waals surface area contributed by atoms with Gasteiger partial charge in [0, 0.05) is 39.4 Å². The fraction of sp³-hybridized carbons (Fsp3) is 0.127. The molecule has 0 unspecified atom stereocenters. The highest BCUT2D eigenvalue weighted by Crippen LogP contribution is 2.68. The minimum absolute atomic E-state index is 0.00294. The molecule has 0 atom stereocenters. The Balaban J connectivity index is 1.13. The lowest BCUT2D eigenvalue weighted by molar-refractivity contribution is 0.590. The lowest BCUT2D eigenvalue weighted by Crippen LogP contribution is -2.26. The van der Waals surface area contributed by atoms with E-state index < -0.39 is 5.41 Å². The van der Waals surface area contributed by atoms with Crippen LogP contribution < -0.4 is 9.80 Å². The molecule has 356 valence electrons. The zero-order valence-electron chi connectivity index (χ0n) is 42.7. The zero-order valence-corrected chi connectivity index (χ0v) is 42.7. The zero-order chi connectivity index (χ0) is 50.1. The number of rotatable bonds is 6. The fourth-order valence-corrected chi connectivity index (χ4v) is 12.7. The molecule has 11 aromatic carbocycles. The Morgan fingerprint density at radius 1 is 0.351 bits per heavy atom. The summed E-state index contributed by atoms with van der Waals surface area (Å²) >= 11 is 0. The largest absolute Gasteiger partial charge is 0.455 e. The van der Waals surface area contributed by atoms with Crippen molar-refractivity contribution < 1.29 is 4.42 Å². The van der Waals surface area contributed by atoms with Crippen molar-refractivity contribution in [3.8, 4) is 22.3 Å². The Bertz CT molecular complexity index is 4150.